The first-order valence-electron chi connectivity index (χ1n) is 6.75. The molecule has 4 nitrogen and oxygen atoms in total. The average molecular weight is 299 g/mol. The molecule has 1 rings (SSSR count). The van der Waals surface area contributed by atoms with Crippen LogP contribution in [0.2, 0.25) is 0 Å². The molecule has 1 aromatic carbocycles. The van der Waals surface area contributed by atoms with Crippen LogP contribution in [0.5, 0.6) is 0 Å². The predicted octanol–water partition coefficient (Wildman–Crippen LogP) is 2.51. The van der Waals surface area contributed by atoms with E-state index in [2.05, 4.69) is 5.32 Å². The number of carboxylic acids is 1. The van der Waals surface area contributed by atoms with Crippen LogP contribution in [0.25, 0.3) is 0 Å². The maximum atomic E-state index is 13.4. The van der Waals surface area contributed by atoms with E-state index in [0.29, 0.717) is 6.42 Å². The van der Waals surface area contributed by atoms with Gasteiger partial charge in [0.1, 0.15) is 17.7 Å². The molecular weight excluding hydrogens is 280 g/mol. The Morgan fingerprint density at radius 2 is 1.95 bits per heavy atom. The van der Waals surface area contributed by atoms with E-state index >= 15 is 0 Å². The van der Waals surface area contributed by atoms with Crippen molar-refractivity contribution < 1.29 is 23.5 Å². The third-order valence-electron chi connectivity index (χ3n) is 2.97. The first-order chi connectivity index (χ1) is 9.79. The van der Waals surface area contributed by atoms with Crippen LogP contribution in [0.4, 0.5) is 8.78 Å². The average Bonchev–Trinajstić information content (AvgIpc) is 2.38. The molecule has 0 saturated heterocycles. The normalized spacial score (nSPS) is 12.2. The summed E-state index contributed by atoms with van der Waals surface area (Å²) in [6.07, 6.45) is 0.237. The summed E-state index contributed by atoms with van der Waals surface area (Å²) in [6, 6.07) is 2.07. The number of hydrogen-bond acceptors (Lipinski definition) is 2. The number of carbonyl (C=O) groups excluding carboxylic acids is 1. The molecule has 0 bridgehead atoms. The summed E-state index contributed by atoms with van der Waals surface area (Å²) >= 11 is 0. The van der Waals surface area contributed by atoms with E-state index in [-0.39, 0.29) is 24.3 Å². The standard InChI is InChI=1S/C15H19F2NO3/c1-9(2)7-13(15(20)21)18-14(19)6-3-10-8-11(16)4-5-12(10)17/h4-5,8-9,13H,3,6-7H2,1-2H3,(H,18,19)(H,20,21)/t13-/m1/s1. The van der Waals surface area contributed by atoms with Crippen LogP contribution in [0.1, 0.15) is 32.3 Å². The number of aryl methyl sites for hydroxylation is 1. The molecule has 0 aliphatic rings. The fourth-order valence-electron chi connectivity index (χ4n) is 1.94. The molecule has 0 unspecified atom stereocenters. The van der Waals surface area contributed by atoms with Crippen molar-refractivity contribution in [3.05, 3.63) is 35.4 Å². The molecule has 0 aromatic heterocycles. The third-order valence-corrected chi connectivity index (χ3v) is 2.97. The van der Waals surface area contributed by atoms with Gasteiger partial charge in [-0.25, -0.2) is 13.6 Å². The van der Waals surface area contributed by atoms with E-state index in [0.717, 1.165) is 18.2 Å². The summed E-state index contributed by atoms with van der Waals surface area (Å²) in [5.74, 6) is -2.64. The highest BCUT2D eigenvalue weighted by molar-refractivity contribution is 5.83. The second-order valence-electron chi connectivity index (χ2n) is 5.32. The lowest BCUT2D eigenvalue weighted by atomic mass is 10.0. The minimum Gasteiger partial charge on any atom is -0.480 e. The molecule has 1 atom stereocenters. The number of amides is 1. The molecule has 0 saturated carbocycles. The molecule has 0 aliphatic heterocycles. The Balaban J connectivity index is 2.56. The number of carbonyl (C=O) groups is 2. The first-order valence-corrected chi connectivity index (χ1v) is 6.75. The van der Waals surface area contributed by atoms with Crippen molar-refractivity contribution in [2.75, 3.05) is 0 Å². The number of carboxylic acid groups (broad SMARTS) is 1. The zero-order valence-electron chi connectivity index (χ0n) is 12.0. The molecule has 2 N–H and O–H groups in total. The minimum absolute atomic E-state index is 0.0173. The predicted molar refractivity (Wildman–Crippen MR) is 73.7 cm³/mol. The number of nitrogens with one attached hydrogen (secondary N) is 1. The van der Waals surface area contributed by atoms with Gasteiger partial charge in [-0.2, -0.15) is 0 Å². The lowest BCUT2D eigenvalue weighted by molar-refractivity contribution is -0.142. The summed E-state index contributed by atoms with van der Waals surface area (Å²) in [6.45, 7) is 3.70. The number of benzene rings is 1. The van der Waals surface area contributed by atoms with Crippen LogP contribution in [-0.4, -0.2) is 23.0 Å². The smallest absolute Gasteiger partial charge is 0.326 e. The van der Waals surface area contributed by atoms with Crippen LogP contribution in [0.3, 0.4) is 0 Å². The third kappa shape index (κ3) is 5.89. The molecule has 0 aliphatic carbocycles. The Morgan fingerprint density at radius 3 is 2.52 bits per heavy atom. The molecule has 1 amide bonds. The van der Waals surface area contributed by atoms with Crippen LogP contribution in [0, 0.1) is 17.6 Å². The Hall–Kier alpha value is -1.98. The molecular formula is C15H19F2NO3. The van der Waals surface area contributed by atoms with Gasteiger partial charge in [-0.05, 0) is 42.5 Å². The number of aliphatic carboxylic acids is 1. The van der Waals surface area contributed by atoms with Gasteiger partial charge in [0.25, 0.3) is 0 Å². The van der Waals surface area contributed by atoms with Gasteiger partial charge >= 0.3 is 5.97 Å². The Labute approximate surface area is 122 Å². The Kier molecular flexibility index (Phi) is 6.27. The van der Waals surface area contributed by atoms with E-state index < -0.39 is 29.6 Å². The van der Waals surface area contributed by atoms with E-state index in [1.165, 1.54) is 0 Å². The van der Waals surface area contributed by atoms with Crippen molar-refractivity contribution in [1.29, 1.82) is 0 Å². The van der Waals surface area contributed by atoms with E-state index in [9.17, 15) is 18.4 Å². The van der Waals surface area contributed by atoms with Gasteiger partial charge in [0, 0.05) is 6.42 Å². The minimum atomic E-state index is -1.10. The lowest BCUT2D eigenvalue weighted by Crippen LogP contribution is -2.41. The zero-order valence-corrected chi connectivity index (χ0v) is 12.0. The molecule has 0 heterocycles. The van der Waals surface area contributed by atoms with E-state index in [4.69, 9.17) is 5.11 Å². The molecule has 1 aromatic rings. The number of rotatable bonds is 7. The van der Waals surface area contributed by atoms with Gasteiger partial charge in [0.15, 0.2) is 0 Å². The lowest BCUT2D eigenvalue weighted by Gasteiger charge is -2.16. The monoisotopic (exact) mass is 299 g/mol. The molecule has 116 valence electrons. The number of halogens is 2. The van der Waals surface area contributed by atoms with Crippen molar-refractivity contribution >= 4 is 11.9 Å². The Bertz CT molecular complexity index is 518. The molecule has 21 heavy (non-hydrogen) atoms. The van der Waals surface area contributed by atoms with Gasteiger partial charge in [0.2, 0.25) is 5.91 Å². The van der Waals surface area contributed by atoms with Gasteiger partial charge in [0.05, 0.1) is 0 Å². The highest BCUT2D eigenvalue weighted by Gasteiger charge is 2.21. The summed E-state index contributed by atoms with van der Waals surface area (Å²) in [7, 11) is 0. The van der Waals surface area contributed by atoms with Crippen LogP contribution < -0.4 is 5.32 Å². The van der Waals surface area contributed by atoms with Crippen molar-refractivity contribution in [2.45, 2.75) is 39.2 Å². The summed E-state index contributed by atoms with van der Waals surface area (Å²) in [5, 5.41) is 11.4. The highest BCUT2D eigenvalue weighted by Crippen LogP contribution is 2.12. The zero-order chi connectivity index (χ0) is 16.0. The van der Waals surface area contributed by atoms with E-state index in [1.54, 1.807) is 0 Å². The van der Waals surface area contributed by atoms with E-state index in [1.807, 2.05) is 13.8 Å². The van der Waals surface area contributed by atoms with Crippen molar-refractivity contribution in [3.63, 3.8) is 0 Å². The summed E-state index contributed by atoms with van der Waals surface area (Å²) in [5.41, 5.74) is 0.0980. The summed E-state index contributed by atoms with van der Waals surface area (Å²) < 4.78 is 26.4. The van der Waals surface area contributed by atoms with Crippen LogP contribution >= 0.6 is 0 Å². The second kappa shape index (κ2) is 7.71. The highest BCUT2D eigenvalue weighted by atomic mass is 19.1. The Morgan fingerprint density at radius 1 is 1.29 bits per heavy atom. The molecule has 0 spiro atoms. The van der Waals surface area contributed by atoms with Gasteiger partial charge in [-0.1, -0.05) is 13.8 Å². The van der Waals surface area contributed by atoms with Crippen molar-refractivity contribution in [1.82, 2.24) is 5.32 Å². The van der Waals surface area contributed by atoms with Crippen LogP contribution in [0.15, 0.2) is 18.2 Å². The van der Waals surface area contributed by atoms with Gasteiger partial charge in [-0.3, -0.25) is 4.79 Å². The largest absolute Gasteiger partial charge is 0.480 e. The second-order valence-corrected chi connectivity index (χ2v) is 5.32. The molecule has 0 radical (unpaired) electrons. The summed E-state index contributed by atoms with van der Waals surface area (Å²) in [4.78, 5) is 22.7. The quantitative estimate of drug-likeness (QED) is 0.813. The maximum absolute atomic E-state index is 13.4. The van der Waals surface area contributed by atoms with Crippen molar-refractivity contribution in [2.24, 2.45) is 5.92 Å². The SMILES string of the molecule is CC(C)C[C@@H](NC(=O)CCc1cc(F)ccc1F)C(=O)O. The molecule has 6 heteroatoms. The van der Waals surface area contributed by atoms with Gasteiger partial charge in [-0.15, -0.1) is 0 Å². The first kappa shape index (κ1) is 17.1. The van der Waals surface area contributed by atoms with Crippen LogP contribution in [-0.2, 0) is 16.0 Å². The molecule has 0 fully saturated rings. The number of hydrogen-bond donors (Lipinski definition) is 2. The fourth-order valence-corrected chi connectivity index (χ4v) is 1.94. The topological polar surface area (TPSA) is 66.4 Å². The maximum Gasteiger partial charge on any atom is 0.326 e. The fraction of sp³-hybridized carbons (Fsp3) is 0.467. The van der Waals surface area contributed by atoms with Crippen molar-refractivity contribution in [3.8, 4) is 0 Å². The van der Waals surface area contributed by atoms with Gasteiger partial charge < -0.3 is 10.4 Å².